The van der Waals surface area contributed by atoms with Crippen LogP contribution in [0.2, 0.25) is 0 Å². The summed E-state index contributed by atoms with van der Waals surface area (Å²) in [5.74, 6) is 0. The molecule has 0 spiro atoms. The molecule has 26 heavy (non-hydrogen) atoms. The molecule has 0 N–H and O–H groups in total. The van der Waals surface area contributed by atoms with Crippen molar-refractivity contribution < 1.29 is 4.57 Å². The Morgan fingerprint density at radius 3 is 2.15 bits per heavy atom. The van der Waals surface area contributed by atoms with E-state index in [0.717, 1.165) is 18.7 Å². The highest BCUT2D eigenvalue weighted by atomic mass is 14.9. The molecule has 0 atom stereocenters. The van der Waals surface area contributed by atoms with Crippen LogP contribution >= 0.6 is 0 Å². The molecule has 0 saturated heterocycles. The van der Waals surface area contributed by atoms with Crippen molar-refractivity contribution in [3.63, 3.8) is 0 Å². The molecule has 0 aromatic carbocycles. The number of hydrogen-bond donors (Lipinski definition) is 0. The Bertz CT molecular complexity index is 526. The predicted molar refractivity (Wildman–Crippen MR) is 116 cm³/mol. The summed E-state index contributed by atoms with van der Waals surface area (Å²) < 4.78 is 2.28. The molecule has 0 bridgehead atoms. The van der Waals surface area contributed by atoms with Gasteiger partial charge in [0, 0.05) is 31.3 Å². The maximum absolute atomic E-state index is 4.51. The van der Waals surface area contributed by atoms with Crippen molar-refractivity contribution in [1.82, 2.24) is 0 Å². The van der Waals surface area contributed by atoms with Crippen LogP contribution < -0.4 is 4.57 Å². The third-order valence-electron chi connectivity index (χ3n) is 4.71. The van der Waals surface area contributed by atoms with E-state index in [9.17, 15) is 0 Å². The van der Waals surface area contributed by atoms with Gasteiger partial charge in [-0.3, -0.25) is 4.99 Å². The first-order valence-electron chi connectivity index (χ1n) is 10.6. The number of aromatic nitrogens is 1. The van der Waals surface area contributed by atoms with Crippen LogP contribution in [0.3, 0.4) is 0 Å². The number of aliphatic imine (C=N–C) groups is 1. The second-order valence-electron chi connectivity index (χ2n) is 7.03. The Balaban J connectivity index is 2.40. The lowest BCUT2D eigenvalue weighted by atomic mass is 10.1. The van der Waals surface area contributed by atoms with Gasteiger partial charge < -0.3 is 0 Å². The van der Waals surface area contributed by atoms with Crippen LogP contribution in [0.4, 0.5) is 0 Å². The summed E-state index contributed by atoms with van der Waals surface area (Å²) in [5, 5.41) is 0. The summed E-state index contributed by atoms with van der Waals surface area (Å²) in [7, 11) is 0. The molecule has 0 unspecified atom stereocenters. The van der Waals surface area contributed by atoms with Gasteiger partial charge in [-0.25, -0.2) is 4.57 Å². The number of pyridine rings is 1. The highest BCUT2D eigenvalue weighted by molar-refractivity contribution is 5.88. The molecule has 0 saturated carbocycles. The average Bonchev–Trinajstić information content (AvgIpc) is 2.67. The largest absolute Gasteiger partial charge is 0.293 e. The van der Waals surface area contributed by atoms with Crippen LogP contribution in [0.15, 0.2) is 48.2 Å². The van der Waals surface area contributed by atoms with E-state index >= 15 is 0 Å². The van der Waals surface area contributed by atoms with Crippen molar-refractivity contribution in [2.24, 2.45) is 4.99 Å². The molecule has 2 nitrogen and oxygen atoms in total. The summed E-state index contributed by atoms with van der Waals surface area (Å²) in [6.45, 7) is 10.5. The van der Waals surface area contributed by atoms with Gasteiger partial charge in [0.15, 0.2) is 12.4 Å². The molecule has 0 radical (unpaired) electrons. The molecule has 144 valence electrons. The summed E-state index contributed by atoms with van der Waals surface area (Å²) in [6, 6.07) is 4.36. The number of hydrogen-bond acceptors (Lipinski definition) is 1. The van der Waals surface area contributed by atoms with Gasteiger partial charge in [-0.15, -0.1) is 0 Å². The SMILES string of the molecule is C=C/C(=C\C=NCCCCCCC)c1cc[n+](CCCCCCC)cc1. The second kappa shape index (κ2) is 15.5. The van der Waals surface area contributed by atoms with Crippen LogP contribution in [0.1, 0.15) is 83.6 Å². The summed E-state index contributed by atoms with van der Waals surface area (Å²) in [6.07, 6.45) is 23.4. The fourth-order valence-corrected chi connectivity index (χ4v) is 2.99. The minimum absolute atomic E-state index is 0.928. The normalized spacial score (nSPS) is 12.0. The molecule has 0 aliphatic carbocycles. The topological polar surface area (TPSA) is 16.2 Å². The summed E-state index contributed by atoms with van der Waals surface area (Å²) in [5.41, 5.74) is 2.34. The zero-order chi connectivity index (χ0) is 18.9. The Labute approximate surface area is 161 Å². The van der Waals surface area contributed by atoms with E-state index in [0.29, 0.717) is 0 Å². The Morgan fingerprint density at radius 2 is 1.54 bits per heavy atom. The highest BCUT2D eigenvalue weighted by Gasteiger charge is 2.03. The first kappa shape index (κ1) is 22.3. The quantitative estimate of drug-likeness (QED) is 0.147. The highest BCUT2D eigenvalue weighted by Crippen LogP contribution is 2.13. The maximum atomic E-state index is 4.51. The fourth-order valence-electron chi connectivity index (χ4n) is 2.99. The maximum Gasteiger partial charge on any atom is 0.169 e. The Kier molecular flexibility index (Phi) is 13.4. The molecule has 1 aromatic rings. The van der Waals surface area contributed by atoms with E-state index in [1.54, 1.807) is 0 Å². The van der Waals surface area contributed by atoms with Crippen LogP contribution in [0.5, 0.6) is 0 Å². The van der Waals surface area contributed by atoms with E-state index in [-0.39, 0.29) is 0 Å². The van der Waals surface area contributed by atoms with Gasteiger partial charge in [0.25, 0.3) is 0 Å². The Morgan fingerprint density at radius 1 is 0.923 bits per heavy atom. The summed E-state index contributed by atoms with van der Waals surface area (Å²) in [4.78, 5) is 4.51. The van der Waals surface area contributed by atoms with E-state index in [1.165, 1.54) is 69.8 Å². The van der Waals surface area contributed by atoms with Crippen molar-refractivity contribution >= 4 is 11.8 Å². The minimum Gasteiger partial charge on any atom is -0.293 e. The van der Waals surface area contributed by atoms with Gasteiger partial charge in [-0.2, -0.15) is 0 Å². The molecule has 1 rings (SSSR count). The molecule has 0 aliphatic rings. The zero-order valence-electron chi connectivity index (χ0n) is 17.1. The van der Waals surface area contributed by atoms with Gasteiger partial charge >= 0.3 is 0 Å². The summed E-state index contributed by atoms with van der Waals surface area (Å²) >= 11 is 0. The van der Waals surface area contributed by atoms with E-state index in [4.69, 9.17) is 0 Å². The molecule has 0 aliphatic heterocycles. The monoisotopic (exact) mass is 355 g/mol. The molecule has 1 heterocycles. The second-order valence-corrected chi connectivity index (χ2v) is 7.03. The number of aryl methyl sites for hydroxylation is 1. The number of allylic oxidation sites excluding steroid dienone is 3. The van der Waals surface area contributed by atoms with Gasteiger partial charge in [-0.05, 0) is 30.1 Å². The van der Waals surface area contributed by atoms with Gasteiger partial charge in [0.1, 0.15) is 6.54 Å². The van der Waals surface area contributed by atoms with E-state index in [2.05, 4.69) is 60.6 Å². The molecular formula is C24H39N2+. The minimum atomic E-state index is 0.928. The van der Waals surface area contributed by atoms with Gasteiger partial charge in [0.05, 0.1) is 0 Å². The van der Waals surface area contributed by atoms with Gasteiger partial charge in [-0.1, -0.05) is 71.4 Å². The lowest BCUT2D eigenvalue weighted by molar-refractivity contribution is -0.697. The average molecular weight is 356 g/mol. The third-order valence-corrected chi connectivity index (χ3v) is 4.71. The molecule has 1 aromatic heterocycles. The lowest BCUT2D eigenvalue weighted by Crippen LogP contribution is -2.32. The first-order chi connectivity index (χ1) is 12.8. The van der Waals surface area contributed by atoms with Crippen LogP contribution in [-0.4, -0.2) is 12.8 Å². The van der Waals surface area contributed by atoms with Crippen molar-refractivity contribution in [2.75, 3.05) is 6.54 Å². The van der Waals surface area contributed by atoms with Crippen LogP contribution in [0.25, 0.3) is 5.57 Å². The predicted octanol–water partition coefficient (Wildman–Crippen LogP) is 6.56. The number of unbranched alkanes of at least 4 members (excludes halogenated alkanes) is 8. The molecular weight excluding hydrogens is 316 g/mol. The van der Waals surface area contributed by atoms with E-state index in [1.807, 2.05) is 12.3 Å². The molecule has 2 heteroatoms. The number of nitrogens with zero attached hydrogens (tertiary/aromatic N) is 2. The van der Waals surface area contributed by atoms with E-state index < -0.39 is 0 Å². The van der Waals surface area contributed by atoms with Crippen molar-refractivity contribution in [1.29, 1.82) is 0 Å². The first-order valence-corrected chi connectivity index (χ1v) is 10.6. The van der Waals surface area contributed by atoms with Crippen LogP contribution in [0, 0.1) is 0 Å². The standard InChI is InChI=1S/C24H39N2/c1-4-7-9-11-13-18-25-19-15-23(6-3)24-16-21-26(22-17-24)20-14-12-10-8-5-2/h6,15-17,19,21-22H,3-5,7-14,18,20H2,1-2H3/q+1/b23-15+,25-19?. The zero-order valence-corrected chi connectivity index (χ0v) is 17.1. The van der Waals surface area contributed by atoms with Crippen molar-refractivity contribution in [2.45, 2.75) is 84.6 Å². The molecule has 0 fully saturated rings. The fraction of sp³-hybridized carbons (Fsp3) is 0.583. The van der Waals surface area contributed by atoms with Crippen LogP contribution in [-0.2, 0) is 6.54 Å². The number of rotatable bonds is 15. The van der Waals surface area contributed by atoms with Crippen molar-refractivity contribution in [3.8, 4) is 0 Å². The lowest BCUT2D eigenvalue weighted by Gasteiger charge is -2.02. The Hall–Kier alpha value is -1.70. The third kappa shape index (κ3) is 10.3. The molecule has 0 amide bonds. The van der Waals surface area contributed by atoms with Crippen molar-refractivity contribution in [3.05, 3.63) is 48.8 Å². The smallest absolute Gasteiger partial charge is 0.169 e. The van der Waals surface area contributed by atoms with Gasteiger partial charge in [0.2, 0.25) is 0 Å².